The number of rotatable bonds is 1. The second kappa shape index (κ2) is 5.90. The van der Waals surface area contributed by atoms with Gasteiger partial charge in [0.1, 0.15) is 0 Å². The minimum Gasteiger partial charge on any atom is -0.338 e. The second-order valence-corrected chi connectivity index (χ2v) is 6.57. The van der Waals surface area contributed by atoms with Crippen LogP contribution in [0.15, 0.2) is 21.7 Å². The quantitative estimate of drug-likeness (QED) is 0.647. The number of fused-ring (bicyclic) bond motifs is 3. The zero-order valence-electron chi connectivity index (χ0n) is 13.4. The van der Waals surface area contributed by atoms with E-state index in [1.165, 1.54) is 0 Å². The van der Waals surface area contributed by atoms with E-state index in [1.54, 1.807) is 0 Å². The van der Waals surface area contributed by atoms with Crippen molar-refractivity contribution in [1.29, 1.82) is 0 Å². The first-order chi connectivity index (χ1) is 11.6. The molecule has 4 rings (SSSR count). The van der Waals surface area contributed by atoms with Crippen molar-refractivity contribution in [3.05, 3.63) is 44.0 Å². The standard InChI is InChI=1S/C17H20N4O3/c22-15-16(23)20-14-12-9-21(17(24)11-3-6-18-7-4-11)8-5-10(12)1-2-13(14)19-15/h1-2,11,18H,3-9H2,(H,19,22)(H,20,23). The molecule has 0 aliphatic carbocycles. The maximum Gasteiger partial charge on any atom is 0.314 e. The van der Waals surface area contributed by atoms with Crippen LogP contribution in [0.1, 0.15) is 24.0 Å². The molecular formula is C17H20N4O3. The van der Waals surface area contributed by atoms with Crippen molar-refractivity contribution >= 4 is 16.9 Å². The van der Waals surface area contributed by atoms with Crippen LogP contribution < -0.4 is 16.4 Å². The number of nitrogens with one attached hydrogen (secondary N) is 3. The smallest absolute Gasteiger partial charge is 0.314 e. The van der Waals surface area contributed by atoms with Crippen molar-refractivity contribution in [2.24, 2.45) is 5.92 Å². The molecule has 0 saturated carbocycles. The molecule has 3 heterocycles. The average molecular weight is 328 g/mol. The molecule has 1 aromatic carbocycles. The van der Waals surface area contributed by atoms with Crippen LogP contribution in [0.4, 0.5) is 0 Å². The number of aromatic nitrogens is 2. The van der Waals surface area contributed by atoms with Crippen LogP contribution in [-0.4, -0.2) is 40.4 Å². The fourth-order valence-electron chi connectivity index (χ4n) is 3.74. The van der Waals surface area contributed by atoms with Crippen LogP contribution in [0.3, 0.4) is 0 Å². The van der Waals surface area contributed by atoms with Crippen molar-refractivity contribution in [1.82, 2.24) is 20.2 Å². The number of aromatic amines is 2. The molecule has 126 valence electrons. The Morgan fingerprint density at radius 3 is 2.62 bits per heavy atom. The van der Waals surface area contributed by atoms with Crippen LogP contribution in [-0.2, 0) is 17.8 Å². The van der Waals surface area contributed by atoms with Crippen molar-refractivity contribution in [3.8, 4) is 0 Å². The highest BCUT2D eigenvalue weighted by Crippen LogP contribution is 2.26. The molecular weight excluding hydrogens is 308 g/mol. The number of amides is 1. The number of hydrogen-bond donors (Lipinski definition) is 3. The van der Waals surface area contributed by atoms with Gasteiger partial charge < -0.3 is 20.2 Å². The van der Waals surface area contributed by atoms with Gasteiger partial charge in [0, 0.05) is 24.6 Å². The van der Waals surface area contributed by atoms with E-state index in [1.807, 2.05) is 17.0 Å². The fraction of sp³-hybridized carbons (Fsp3) is 0.471. The molecule has 0 bridgehead atoms. The van der Waals surface area contributed by atoms with E-state index in [-0.39, 0.29) is 11.8 Å². The molecule has 1 amide bonds. The predicted octanol–water partition coefficient (Wildman–Crippen LogP) is 0.101. The summed E-state index contributed by atoms with van der Waals surface area (Å²) in [5.74, 6) is 0.285. The molecule has 0 spiro atoms. The number of benzene rings is 1. The third-order valence-electron chi connectivity index (χ3n) is 5.10. The summed E-state index contributed by atoms with van der Waals surface area (Å²) in [5, 5.41) is 3.28. The maximum atomic E-state index is 12.8. The van der Waals surface area contributed by atoms with Gasteiger partial charge in [0.25, 0.3) is 0 Å². The molecule has 24 heavy (non-hydrogen) atoms. The van der Waals surface area contributed by atoms with Crippen LogP contribution in [0.2, 0.25) is 0 Å². The van der Waals surface area contributed by atoms with E-state index in [4.69, 9.17) is 0 Å². The van der Waals surface area contributed by atoms with Crippen LogP contribution >= 0.6 is 0 Å². The molecule has 2 aromatic rings. The lowest BCUT2D eigenvalue weighted by Crippen LogP contribution is -2.43. The first-order valence-electron chi connectivity index (χ1n) is 8.40. The van der Waals surface area contributed by atoms with Crippen LogP contribution in [0.5, 0.6) is 0 Å². The normalized spacial score (nSPS) is 18.6. The van der Waals surface area contributed by atoms with Crippen LogP contribution in [0, 0.1) is 5.92 Å². The van der Waals surface area contributed by atoms with Gasteiger partial charge >= 0.3 is 11.1 Å². The van der Waals surface area contributed by atoms with E-state index >= 15 is 0 Å². The lowest BCUT2D eigenvalue weighted by atomic mass is 9.93. The van der Waals surface area contributed by atoms with Gasteiger partial charge in [-0.3, -0.25) is 14.4 Å². The SMILES string of the molecule is O=C(C1CCNCC1)N1CCc2ccc3[nH]c(=O)c(=O)[nH]c3c2C1. The summed E-state index contributed by atoms with van der Waals surface area (Å²) >= 11 is 0. The van der Waals surface area contributed by atoms with E-state index in [2.05, 4.69) is 15.3 Å². The minimum absolute atomic E-state index is 0.0848. The third kappa shape index (κ3) is 2.54. The number of carbonyl (C=O) groups is 1. The zero-order valence-corrected chi connectivity index (χ0v) is 13.4. The highest BCUT2D eigenvalue weighted by Gasteiger charge is 2.29. The van der Waals surface area contributed by atoms with Crippen molar-refractivity contribution < 1.29 is 4.79 Å². The van der Waals surface area contributed by atoms with Gasteiger partial charge in [0.05, 0.1) is 11.0 Å². The van der Waals surface area contributed by atoms with E-state index in [9.17, 15) is 14.4 Å². The molecule has 0 atom stereocenters. The Morgan fingerprint density at radius 1 is 1.08 bits per heavy atom. The van der Waals surface area contributed by atoms with Crippen molar-refractivity contribution in [2.75, 3.05) is 19.6 Å². The molecule has 2 aliphatic heterocycles. The van der Waals surface area contributed by atoms with Gasteiger partial charge in [-0.25, -0.2) is 0 Å². The number of carbonyl (C=O) groups excluding carboxylic acids is 1. The summed E-state index contributed by atoms with van der Waals surface area (Å²) in [6, 6.07) is 3.79. The Morgan fingerprint density at radius 2 is 1.83 bits per heavy atom. The average Bonchev–Trinajstić information content (AvgIpc) is 2.62. The Balaban J connectivity index is 1.69. The number of nitrogens with zero attached hydrogens (tertiary/aromatic N) is 1. The number of H-pyrrole nitrogens is 2. The highest BCUT2D eigenvalue weighted by molar-refractivity contribution is 5.82. The van der Waals surface area contributed by atoms with Gasteiger partial charge in [-0.1, -0.05) is 6.07 Å². The molecule has 0 radical (unpaired) electrons. The Hall–Kier alpha value is -2.41. The summed E-state index contributed by atoms with van der Waals surface area (Å²) in [6.07, 6.45) is 2.52. The van der Waals surface area contributed by atoms with Crippen molar-refractivity contribution in [2.45, 2.75) is 25.8 Å². The molecule has 7 heteroatoms. The fourth-order valence-corrected chi connectivity index (χ4v) is 3.74. The Kier molecular flexibility index (Phi) is 3.72. The zero-order chi connectivity index (χ0) is 16.7. The lowest BCUT2D eigenvalue weighted by molar-refractivity contribution is -0.137. The summed E-state index contributed by atoms with van der Waals surface area (Å²) in [5.41, 5.74) is 2.00. The van der Waals surface area contributed by atoms with Crippen molar-refractivity contribution in [3.63, 3.8) is 0 Å². The Labute approximate surface area is 138 Å². The summed E-state index contributed by atoms with van der Waals surface area (Å²) in [4.78, 5) is 43.2. The molecule has 2 aliphatic rings. The molecule has 1 saturated heterocycles. The maximum absolute atomic E-state index is 12.8. The molecule has 1 fully saturated rings. The summed E-state index contributed by atoms with van der Waals surface area (Å²) in [6.45, 7) is 2.96. The van der Waals surface area contributed by atoms with Gasteiger partial charge in [0.15, 0.2) is 0 Å². The van der Waals surface area contributed by atoms with Gasteiger partial charge in [0.2, 0.25) is 5.91 Å². The van der Waals surface area contributed by atoms with Gasteiger partial charge in [-0.15, -0.1) is 0 Å². The van der Waals surface area contributed by atoms with Gasteiger partial charge in [-0.2, -0.15) is 0 Å². The molecule has 7 nitrogen and oxygen atoms in total. The Bertz CT molecular complexity index is 908. The van der Waals surface area contributed by atoms with E-state index in [0.29, 0.717) is 24.1 Å². The largest absolute Gasteiger partial charge is 0.338 e. The molecule has 1 aromatic heterocycles. The van der Waals surface area contributed by atoms with Crippen LogP contribution in [0.25, 0.3) is 11.0 Å². The second-order valence-electron chi connectivity index (χ2n) is 6.57. The minimum atomic E-state index is -0.655. The van der Waals surface area contributed by atoms with E-state index < -0.39 is 11.1 Å². The summed E-state index contributed by atoms with van der Waals surface area (Å²) < 4.78 is 0. The lowest BCUT2D eigenvalue weighted by Gasteiger charge is -2.33. The first kappa shape index (κ1) is 15.1. The summed E-state index contributed by atoms with van der Waals surface area (Å²) in [7, 11) is 0. The van der Waals surface area contributed by atoms with Gasteiger partial charge in [-0.05, 0) is 44.0 Å². The first-order valence-corrected chi connectivity index (χ1v) is 8.40. The number of hydrogen-bond acceptors (Lipinski definition) is 4. The monoisotopic (exact) mass is 328 g/mol. The topological polar surface area (TPSA) is 98.1 Å². The molecule has 3 N–H and O–H groups in total. The molecule has 0 unspecified atom stereocenters. The van der Waals surface area contributed by atoms with E-state index in [0.717, 1.165) is 43.5 Å². The third-order valence-corrected chi connectivity index (χ3v) is 5.10. The predicted molar refractivity (Wildman–Crippen MR) is 89.9 cm³/mol. The number of piperidine rings is 1. The highest BCUT2D eigenvalue weighted by atomic mass is 16.2.